The minimum Gasteiger partial charge on any atom is -0.268 e. The summed E-state index contributed by atoms with van der Waals surface area (Å²) in [7, 11) is 2.00. The van der Waals surface area contributed by atoms with Gasteiger partial charge in [0, 0.05) is 11.6 Å². The Hall–Kier alpha value is -2.09. The molecule has 4 rings (SSSR count). The van der Waals surface area contributed by atoms with Crippen LogP contribution in [0.1, 0.15) is 30.1 Å². The van der Waals surface area contributed by atoms with Crippen LogP contribution in [0.5, 0.6) is 0 Å². The molecule has 19 heavy (non-hydrogen) atoms. The quantitative estimate of drug-likeness (QED) is 0.705. The summed E-state index contributed by atoms with van der Waals surface area (Å²) in [5.41, 5.74) is 3.97. The Labute approximate surface area is 112 Å². The largest absolute Gasteiger partial charge is 0.268 e. The molecule has 0 amide bonds. The van der Waals surface area contributed by atoms with Crippen LogP contribution in [0.2, 0.25) is 0 Å². The van der Waals surface area contributed by atoms with Gasteiger partial charge in [-0.2, -0.15) is 0 Å². The van der Waals surface area contributed by atoms with Crippen molar-refractivity contribution in [1.29, 1.82) is 0 Å². The van der Waals surface area contributed by atoms with E-state index in [-0.39, 0.29) is 6.10 Å². The lowest BCUT2D eigenvalue weighted by Gasteiger charge is -2.04. The maximum atomic E-state index is 6.07. The van der Waals surface area contributed by atoms with Crippen molar-refractivity contribution in [3.05, 3.63) is 59.7 Å². The van der Waals surface area contributed by atoms with Crippen LogP contribution < -0.4 is 0 Å². The number of hydrogen-bond donors (Lipinski definition) is 0. The molecule has 2 aliphatic rings. The zero-order valence-electron chi connectivity index (χ0n) is 11.1. The van der Waals surface area contributed by atoms with Crippen molar-refractivity contribution >= 4 is 16.5 Å². The van der Waals surface area contributed by atoms with Crippen LogP contribution in [0, 0.1) is 0 Å². The Morgan fingerprint density at radius 2 is 1.84 bits per heavy atom. The van der Waals surface area contributed by atoms with E-state index in [1.54, 1.807) is 0 Å². The van der Waals surface area contributed by atoms with Gasteiger partial charge in [-0.15, -0.1) is 0 Å². The molecule has 94 valence electrons. The monoisotopic (exact) mass is 250 g/mol. The summed E-state index contributed by atoms with van der Waals surface area (Å²) in [6.45, 7) is 2.05. The highest BCUT2D eigenvalue weighted by Crippen LogP contribution is 2.50. The third-order valence-corrected chi connectivity index (χ3v) is 4.20. The fraction of sp³-hybridized carbons (Fsp3) is 0.235. The molecule has 2 atom stereocenters. The van der Waals surface area contributed by atoms with E-state index in [0.717, 1.165) is 0 Å². The number of rotatable bonds is 1. The van der Waals surface area contributed by atoms with Gasteiger partial charge >= 0.3 is 0 Å². The van der Waals surface area contributed by atoms with Gasteiger partial charge in [-0.25, -0.2) is 0 Å². The topological polar surface area (TPSA) is 12.2 Å². The molecule has 1 heterocycles. The van der Waals surface area contributed by atoms with Crippen molar-refractivity contribution in [1.82, 2.24) is 0 Å². The molecule has 0 saturated heterocycles. The summed E-state index contributed by atoms with van der Waals surface area (Å²) in [6, 6.07) is 13.1. The van der Waals surface area contributed by atoms with Crippen molar-refractivity contribution < 1.29 is 9.58 Å². The van der Waals surface area contributed by atoms with E-state index in [2.05, 4.69) is 55.5 Å². The van der Waals surface area contributed by atoms with E-state index >= 15 is 0 Å². The fourth-order valence-corrected chi connectivity index (χ4v) is 3.48. The summed E-state index contributed by atoms with van der Waals surface area (Å²) in [5, 5.41) is 2.70. The number of hydroxylamine groups is 1. The predicted molar refractivity (Wildman–Crippen MR) is 76.5 cm³/mol. The predicted octanol–water partition coefficient (Wildman–Crippen LogP) is 3.58. The van der Waals surface area contributed by atoms with Crippen molar-refractivity contribution in [3.8, 4) is 0 Å². The molecular weight excluding hydrogens is 234 g/mol. The van der Waals surface area contributed by atoms with Crippen LogP contribution in [0.25, 0.3) is 10.8 Å². The van der Waals surface area contributed by atoms with E-state index in [0.29, 0.717) is 5.92 Å². The van der Waals surface area contributed by atoms with Crippen LogP contribution >= 0.6 is 0 Å². The molecule has 0 aromatic heterocycles. The molecular formula is C17H16NO+. The van der Waals surface area contributed by atoms with Crippen LogP contribution in [0.4, 0.5) is 0 Å². The second-order valence-corrected chi connectivity index (χ2v) is 5.22. The van der Waals surface area contributed by atoms with Crippen LogP contribution in [0.15, 0.2) is 48.6 Å². The number of hydrogen-bond acceptors (Lipinski definition) is 1. The Bertz CT molecular complexity index is 737. The van der Waals surface area contributed by atoms with Gasteiger partial charge in [0.25, 0.3) is 0 Å². The van der Waals surface area contributed by atoms with E-state index in [9.17, 15) is 0 Å². The third-order valence-electron chi connectivity index (χ3n) is 4.20. The molecule has 0 fully saturated rings. The normalized spacial score (nSPS) is 24.3. The first-order chi connectivity index (χ1) is 9.31. The van der Waals surface area contributed by atoms with Gasteiger partial charge in [0.05, 0.1) is 0 Å². The second-order valence-electron chi connectivity index (χ2n) is 5.22. The molecule has 2 nitrogen and oxygen atoms in total. The average Bonchev–Trinajstić information content (AvgIpc) is 2.90. The molecule has 0 bridgehead atoms. The van der Waals surface area contributed by atoms with E-state index in [1.165, 1.54) is 27.6 Å². The molecule has 0 saturated carbocycles. The summed E-state index contributed by atoms with van der Waals surface area (Å²) in [6.07, 6.45) is 4.38. The summed E-state index contributed by atoms with van der Waals surface area (Å²) >= 11 is 0. The summed E-state index contributed by atoms with van der Waals surface area (Å²) in [5.74, 6) is 0.335. The van der Waals surface area contributed by atoms with E-state index in [1.807, 2.05) is 11.8 Å². The summed E-state index contributed by atoms with van der Waals surface area (Å²) < 4.78 is 1.92. The molecule has 1 aliphatic heterocycles. The lowest BCUT2D eigenvalue weighted by atomic mass is 9.93. The Kier molecular flexibility index (Phi) is 2.10. The van der Waals surface area contributed by atoms with Crippen LogP contribution in [-0.4, -0.2) is 17.5 Å². The van der Waals surface area contributed by atoms with E-state index < -0.39 is 0 Å². The number of fused-ring (bicyclic) bond motifs is 3. The first-order valence-electron chi connectivity index (χ1n) is 6.73. The lowest BCUT2D eigenvalue weighted by Crippen LogP contribution is -2.11. The smallest absolute Gasteiger partial charge is 0.238 e. The van der Waals surface area contributed by atoms with Gasteiger partial charge in [0.1, 0.15) is 5.92 Å². The Morgan fingerprint density at radius 1 is 1.11 bits per heavy atom. The minimum atomic E-state index is 0.136. The number of allylic oxidation sites excluding steroid dienone is 2. The molecule has 2 aromatic carbocycles. The highest BCUT2D eigenvalue weighted by molar-refractivity contribution is 6.04. The zero-order valence-corrected chi connectivity index (χ0v) is 11.1. The number of benzene rings is 2. The molecule has 0 radical (unpaired) electrons. The van der Waals surface area contributed by atoms with Crippen molar-refractivity contribution in [3.63, 3.8) is 0 Å². The standard InChI is InChI=1S/C17H16NO/c1-3-6-14-16-12-9-4-7-11-8-5-10-13(15(11)12)17(16)19-18(14)2/h3-10,16-17H,1-2H3/q+1/b6-3+. The zero-order chi connectivity index (χ0) is 13.0. The van der Waals surface area contributed by atoms with Crippen molar-refractivity contribution in [2.24, 2.45) is 0 Å². The highest BCUT2D eigenvalue weighted by Gasteiger charge is 2.49. The van der Waals surface area contributed by atoms with Gasteiger partial charge in [-0.1, -0.05) is 42.5 Å². The van der Waals surface area contributed by atoms with Crippen LogP contribution in [-0.2, 0) is 4.84 Å². The second kappa shape index (κ2) is 3.70. The highest BCUT2D eigenvalue weighted by atomic mass is 16.7. The maximum Gasteiger partial charge on any atom is 0.238 e. The molecule has 2 heteroatoms. The Balaban J connectivity index is 2.02. The summed E-state index contributed by atoms with van der Waals surface area (Å²) in [4.78, 5) is 6.07. The Morgan fingerprint density at radius 3 is 2.58 bits per heavy atom. The first kappa shape index (κ1) is 10.8. The van der Waals surface area contributed by atoms with Gasteiger partial charge in [-0.3, -0.25) is 4.84 Å². The van der Waals surface area contributed by atoms with Gasteiger partial charge in [-0.05, 0) is 28.0 Å². The first-order valence-corrected chi connectivity index (χ1v) is 6.73. The molecule has 0 spiro atoms. The molecule has 2 aromatic rings. The van der Waals surface area contributed by atoms with Crippen molar-refractivity contribution in [2.45, 2.75) is 18.9 Å². The lowest BCUT2D eigenvalue weighted by molar-refractivity contribution is -0.769. The van der Waals surface area contributed by atoms with Gasteiger partial charge in [0.2, 0.25) is 11.8 Å². The minimum absolute atomic E-state index is 0.136. The molecule has 2 unspecified atom stereocenters. The van der Waals surface area contributed by atoms with Crippen LogP contribution in [0.3, 0.4) is 0 Å². The SMILES string of the molecule is C/C=C/C1=[N+](C)OC2c3cccc4cccc(c34)C12. The average molecular weight is 250 g/mol. The van der Waals surface area contributed by atoms with Crippen molar-refractivity contribution in [2.75, 3.05) is 7.05 Å². The van der Waals surface area contributed by atoms with E-state index in [4.69, 9.17) is 4.84 Å². The number of nitrogens with zero attached hydrogens (tertiary/aromatic N) is 1. The fourth-order valence-electron chi connectivity index (χ4n) is 3.48. The van der Waals surface area contributed by atoms with Gasteiger partial charge in [0.15, 0.2) is 7.05 Å². The van der Waals surface area contributed by atoms with Gasteiger partial charge < -0.3 is 0 Å². The molecule has 1 aliphatic carbocycles. The molecule has 0 N–H and O–H groups in total. The third kappa shape index (κ3) is 1.29. The maximum absolute atomic E-state index is 6.07.